The van der Waals surface area contributed by atoms with Gasteiger partial charge in [-0.3, -0.25) is 24.2 Å². The second-order valence-electron chi connectivity index (χ2n) is 18.5. The Hall–Kier alpha value is -4.01. The molecular formula is C50H68B3Cl5F2N9O6. The first-order valence-corrected chi connectivity index (χ1v) is 25.5. The number of hydrogen-bond acceptors (Lipinski definition) is 11. The highest BCUT2D eigenvalue weighted by atomic mass is 35.5. The lowest BCUT2D eigenvalue weighted by atomic mass is 9.40. The largest absolute Gasteiger partial charge is 0.448 e. The molecule has 2 saturated heterocycles. The number of halogens is 7. The molecule has 6 heterocycles. The van der Waals surface area contributed by atoms with E-state index in [2.05, 4.69) is 41.5 Å². The van der Waals surface area contributed by atoms with Gasteiger partial charge in [-0.05, 0) is 102 Å². The molecule has 3 amide bonds. The predicted octanol–water partition coefficient (Wildman–Crippen LogP) is 9.61. The lowest BCUT2D eigenvalue weighted by Crippen LogP contribution is -2.56. The number of aliphatic imine (C=N–C) groups is 1. The number of alkyl halides is 2. The summed E-state index contributed by atoms with van der Waals surface area (Å²) >= 11 is 28.9. The number of rotatable bonds is 6. The molecule has 0 aliphatic carbocycles. The molecule has 3 aromatic rings. The fourth-order valence-electron chi connectivity index (χ4n) is 8.49. The quantitative estimate of drug-likeness (QED) is 0.160. The van der Waals surface area contributed by atoms with Crippen LogP contribution in [0.3, 0.4) is 0 Å². The maximum atomic E-state index is 15.6. The molecule has 0 unspecified atom stereocenters. The Kier molecular flexibility index (Phi) is 25.6. The highest BCUT2D eigenvalue weighted by Crippen LogP contribution is 2.42. The summed E-state index contributed by atoms with van der Waals surface area (Å²) in [5.74, 6) is -0.515. The smallest absolute Gasteiger partial charge is 0.435 e. The van der Waals surface area contributed by atoms with Gasteiger partial charge in [0.05, 0.1) is 56.6 Å². The number of carbonyl (C=O) groups excluding carboxylic acids is 5. The molecule has 0 bridgehead atoms. The summed E-state index contributed by atoms with van der Waals surface area (Å²) in [5, 5.41) is 13.6. The number of amidine groups is 1. The molecule has 0 atom stereocenters. The van der Waals surface area contributed by atoms with Crippen LogP contribution in [0.25, 0.3) is 0 Å². The zero-order chi connectivity index (χ0) is 54.8. The molecule has 5 radical (unpaired) electrons. The number of nitrogens with one attached hydrogen (secondary N) is 3. The van der Waals surface area contributed by atoms with Crippen molar-refractivity contribution in [2.45, 2.75) is 118 Å². The van der Waals surface area contributed by atoms with Crippen LogP contribution in [0.5, 0.6) is 0 Å². The number of anilines is 1. The highest BCUT2D eigenvalue weighted by molar-refractivity contribution is 7.17. The number of carbonyl (C=O) groups is 5. The SMILES string of the molecule is C.C.CC.CCOC(=O)n1nc(NC(=O)c2ccc(Cl)c(Cl)c2)c2c1C(C)(C)NC2.CN1CCC(F)(C(=O)Cl)CC1.CN1CCC(F)(C(=O)N2CC3=C(CN=C3NC(=O)c3ccc(Cl)c(Cl)c3)C2(C)C)CC1.[B][B][B]. The van der Waals surface area contributed by atoms with Gasteiger partial charge in [0.25, 0.3) is 23.0 Å². The molecule has 25 heteroatoms. The van der Waals surface area contributed by atoms with E-state index in [4.69, 9.17) is 62.7 Å². The Morgan fingerprint density at radius 1 is 0.787 bits per heavy atom. The first kappa shape index (κ1) is 67.1. The predicted molar refractivity (Wildman–Crippen MR) is 302 cm³/mol. The Balaban J connectivity index is 0.000000395. The zero-order valence-electron chi connectivity index (χ0n) is 42.5. The molecule has 5 aliphatic rings. The summed E-state index contributed by atoms with van der Waals surface area (Å²) in [6.07, 6.45) is 0.247. The van der Waals surface area contributed by atoms with Gasteiger partial charge in [0.2, 0.25) is 0 Å². The minimum absolute atomic E-state index is 0. The van der Waals surface area contributed by atoms with E-state index in [-0.39, 0.29) is 69.6 Å². The molecule has 2 aromatic carbocycles. The number of likely N-dealkylation sites (tertiary alicyclic amines) is 2. The van der Waals surface area contributed by atoms with Crippen molar-refractivity contribution in [1.29, 1.82) is 0 Å². The summed E-state index contributed by atoms with van der Waals surface area (Å²) in [6, 6.07) is 9.21. The van der Waals surface area contributed by atoms with Gasteiger partial charge in [-0.1, -0.05) is 75.1 Å². The van der Waals surface area contributed by atoms with Gasteiger partial charge in [-0.15, -0.1) is 5.10 Å². The summed E-state index contributed by atoms with van der Waals surface area (Å²) in [7, 11) is 13.8. The maximum absolute atomic E-state index is 15.6. The Morgan fingerprint density at radius 2 is 1.25 bits per heavy atom. The first-order chi connectivity index (χ1) is 34.2. The van der Waals surface area contributed by atoms with Crippen LogP contribution in [0.15, 0.2) is 52.5 Å². The lowest BCUT2D eigenvalue weighted by molar-refractivity contribution is -0.150. The average Bonchev–Trinajstić information content (AvgIpc) is 4.09. The van der Waals surface area contributed by atoms with Gasteiger partial charge in [0.1, 0.15) is 5.84 Å². The van der Waals surface area contributed by atoms with E-state index in [1.807, 2.05) is 65.4 Å². The molecule has 5 aliphatic heterocycles. The van der Waals surface area contributed by atoms with Crippen LogP contribution in [0.2, 0.25) is 20.1 Å². The number of piperidine rings is 2. The summed E-state index contributed by atoms with van der Waals surface area (Å²) < 4.78 is 35.2. The Bertz CT molecular complexity index is 2590. The van der Waals surface area contributed by atoms with Crippen molar-refractivity contribution in [2.24, 2.45) is 4.99 Å². The second kappa shape index (κ2) is 28.6. The zero-order valence-corrected chi connectivity index (χ0v) is 46.2. The van der Waals surface area contributed by atoms with E-state index in [9.17, 15) is 28.4 Å². The number of fused-ring (bicyclic) bond motifs is 1. The fourth-order valence-corrected chi connectivity index (χ4v) is 9.27. The van der Waals surface area contributed by atoms with Gasteiger partial charge in [0.15, 0.2) is 17.2 Å². The number of hydrogen-bond donors (Lipinski definition) is 3. The van der Waals surface area contributed by atoms with E-state index < -0.39 is 45.6 Å². The van der Waals surface area contributed by atoms with Crippen molar-refractivity contribution < 1.29 is 37.5 Å². The molecular weight excluding hydrogens is 1070 g/mol. The molecule has 75 heavy (non-hydrogen) atoms. The molecule has 407 valence electrons. The maximum Gasteiger partial charge on any atom is 0.435 e. The van der Waals surface area contributed by atoms with Gasteiger partial charge < -0.3 is 35.4 Å². The third kappa shape index (κ3) is 16.0. The third-order valence-electron chi connectivity index (χ3n) is 12.9. The minimum Gasteiger partial charge on any atom is -0.448 e. The van der Waals surface area contributed by atoms with E-state index in [1.165, 1.54) is 16.8 Å². The molecule has 1 aromatic heterocycles. The molecule has 2 fully saturated rings. The monoisotopic (exact) mass is 1140 g/mol. The van der Waals surface area contributed by atoms with E-state index in [0.717, 1.165) is 23.8 Å². The summed E-state index contributed by atoms with van der Waals surface area (Å²) in [4.78, 5) is 71.4. The van der Waals surface area contributed by atoms with Crippen molar-refractivity contribution >= 4 is 121 Å². The molecule has 3 N–H and O–H groups in total. The summed E-state index contributed by atoms with van der Waals surface area (Å²) in [6.45, 7) is 17.0. The highest BCUT2D eigenvalue weighted by Gasteiger charge is 2.52. The van der Waals surface area contributed by atoms with Gasteiger partial charge in [-0.25, -0.2) is 13.6 Å². The Morgan fingerprint density at radius 3 is 1.71 bits per heavy atom. The van der Waals surface area contributed by atoms with Crippen molar-refractivity contribution in [3.8, 4) is 0 Å². The van der Waals surface area contributed by atoms with Crippen molar-refractivity contribution in [3.05, 3.63) is 90.0 Å². The normalized spacial score (nSPS) is 18.3. The van der Waals surface area contributed by atoms with Crippen LogP contribution in [0.4, 0.5) is 19.4 Å². The number of amides is 3. The number of nitrogens with zero attached hydrogens (tertiary/aromatic N) is 6. The number of aromatic nitrogens is 2. The Labute approximate surface area is 469 Å². The summed E-state index contributed by atoms with van der Waals surface area (Å²) in [5.41, 5.74) is -0.953. The van der Waals surface area contributed by atoms with Crippen molar-refractivity contribution in [2.75, 3.05) is 65.3 Å². The van der Waals surface area contributed by atoms with Crippen LogP contribution in [-0.2, 0) is 26.4 Å². The fraction of sp³-hybridized carbons (Fsp3) is 0.540. The van der Waals surface area contributed by atoms with Crippen LogP contribution in [-0.4, -0.2) is 159 Å². The van der Waals surface area contributed by atoms with E-state index in [0.29, 0.717) is 77.8 Å². The lowest BCUT2D eigenvalue weighted by Gasteiger charge is -2.41. The van der Waals surface area contributed by atoms with Gasteiger partial charge >= 0.3 is 6.09 Å². The average molecular weight is 1140 g/mol. The topological polar surface area (TPSA) is 171 Å². The molecule has 15 nitrogen and oxygen atoms in total. The van der Waals surface area contributed by atoms with Crippen molar-refractivity contribution in [3.63, 3.8) is 0 Å². The van der Waals surface area contributed by atoms with Crippen LogP contribution >= 0.6 is 58.0 Å². The number of ether oxygens (including phenoxy) is 1. The second-order valence-corrected chi connectivity index (χ2v) is 20.5. The molecule has 0 spiro atoms. The van der Waals surface area contributed by atoms with Crippen LogP contribution in [0.1, 0.15) is 121 Å². The minimum atomic E-state index is -1.86. The number of benzene rings is 2. The standard InChI is InChI=1S/C22H25Cl2FN4O2.C17H18Cl2N4O3.C7H11ClFNO.C2H6.2CH4.B3/c1-21(2)15-11-26-18(27-19(30)13-4-5-16(23)17(24)10-13)14(15)12-29(21)20(31)22(25)6-8-28(3)9-7-22;1-4-26-16(25)23-13-10(8-20-17(13,2)3)14(22-23)21-15(24)9-5-6-11(18)12(19)7-9;1-10-4-2-7(9,3-5-10)6(8)11;1-2;;;1-3-2/h4-5,10H,6-9,11-12H2,1-3H3,(H,26,27,30);5-7,20H,4,8H2,1-3H3,(H,21,22,24);2-5H2,1H3;1-2H3;2*1H4;. The van der Waals surface area contributed by atoms with Crippen LogP contribution < -0.4 is 16.0 Å². The van der Waals surface area contributed by atoms with Crippen molar-refractivity contribution in [1.82, 2.24) is 35.1 Å². The molecule has 0 saturated carbocycles. The van der Waals surface area contributed by atoms with E-state index >= 15 is 4.39 Å². The third-order valence-corrected chi connectivity index (χ3v) is 14.7. The van der Waals surface area contributed by atoms with Gasteiger partial charge in [0, 0.05) is 103 Å². The van der Waals surface area contributed by atoms with Gasteiger partial charge in [-0.2, -0.15) is 4.68 Å². The first-order valence-electron chi connectivity index (χ1n) is 23.6. The van der Waals surface area contributed by atoms with E-state index in [1.54, 1.807) is 36.1 Å². The van der Waals surface area contributed by atoms with Crippen LogP contribution in [0, 0.1) is 0 Å². The molecule has 8 rings (SSSR count).